The zero-order chi connectivity index (χ0) is 20.1. The van der Waals surface area contributed by atoms with Gasteiger partial charge in [0.15, 0.2) is 0 Å². The quantitative estimate of drug-likeness (QED) is 0.430. The highest BCUT2D eigenvalue weighted by atomic mass is 16.6. The van der Waals surface area contributed by atoms with Crippen LogP contribution in [0, 0.1) is 10.1 Å². The highest BCUT2D eigenvalue weighted by Gasteiger charge is 2.29. The Bertz CT molecular complexity index is 812. The predicted octanol–water partition coefficient (Wildman–Crippen LogP) is 2.16. The number of β-amino-alcohol motifs (C(OH)–C–C–N with tert-alkyl or cyclic N) is 1. The molecule has 1 aliphatic heterocycles. The van der Waals surface area contributed by atoms with E-state index in [-0.39, 0.29) is 18.2 Å². The molecule has 2 aromatic rings. The average Bonchev–Trinajstić information content (AvgIpc) is 3.11. The number of amides is 1. The summed E-state index contributed by atoms with van der Waals surface area (Å²) in [6, 6.07) is 14.4. The summed E-state index contributed by atoms with van der Waals surface area (Å²) in [7, 11) is 0. The average molecular weight is 385 g/mol. The molecule has 0 aromatic heterocycles. The number of nitrogens with zero attached hydrogens (tertiary/aromatic N) is 3. The maximum absolute atomic E-state index is 12.7. The lowest BCUT2D eigenvalue weighted by Gasteiger charge is -2.30. The molecule has 1 heterocycles. The second-order valence-corrected chi connectivity index (χ2v) is 6.97. The number of carbonyl (C=O) groups is 1. The molecule has 0 radical (unpaired) electrons. The van der Waals surface area contributed by atoms with Gasteiger partial charge >= 0.3 is 0 Å². The molecule has 2 N–H and O–H groups in total. The molecule has 1 amide bonds. The molecule has 1 saturated heterocycles. The highest BCUT2D eigenvalue weighted by molar-refractivity contribution is 5.78. The van der Waals surface area contributed by atoms with Gasteiger partial charge in [-0.05, 0) is 17.5 Å². The minimum Gasteiger partial charge on any atom is -0.392 e. The van der Waals surface area contributed by atoms with Crippen LogP contribution in [-0.2, 0) is 11.2 Å². The van der Waals surface area contributed by atoms with E-state index in [1.165, 1.54) is 24.3 Å². The molecule has 1 fully saturated rings. The Hall–Kier alpha value is -2.81. The summed E-state index contributed by atoms with van der Waals surface area (Å²) in [6.07, 6.45) is 0.212. The first-order valence-corrected chi connectivity index (χ1v) is 9.13. The van der Waals surface area contributed by atoms with Crippen molar-refractivity contribution in [3.05, 3.63) is 75.8 Å². The maximum Gasteiger partial charge on any atom is 0.269 e. The standard InChI is InChI=1S/C20H23N3O5/c24-18-10-11-21(13-18)14-19(16-4-2-1-3-5-16)22(26)20(25)12-15-6-8-17(9-7-15)23(27)28/h1-9,18-19,24,26H,10-14H2. The summed E-state index contributed by atoms with van der Waals surface area (Å²) in [5, 5.41) is 31.9. The van der Waals surface area contributed by atoms with Gasteiger partial charge in [0, 0.05) is 31.8 Å². The van der Waals surface area contributed by atoms with Gasteiger partial charge in [-0.25, -0.2) is 5.06 Å². The van der Waals surface area contributed by atoms with E-state index in [4.69, 9.17) is 0 Å². The lowest BCUT2D eigenvalue weighted by molar-refractivity contribution is -0.384. The molecule has 0 spiro atoms. The molecule has 1 aliphatic rings. The number of non-ortho nitro benzene ring substituents is 1. The van der Waals surface area contributed by atoms with Crippen molar-refractivity contribution < 1.29 is 20.0 Å². The molecular weight excluding hydrogens is 362 g/mol. The summed E-state index contributed by atoms with van der Waals surface area (Å²) in [6.45, 7) is 1.62. The fraction of sp³-hybridized carbons (Fsp3) is 0.350. The van der Waals surface area contributed by atoms with Crippen LogP contribution in [0.25, 0.3) is 0 Å². The third kappa shape index (κ3) is 4.92. The van der Waals surface area contributed by atoms with Crippen LogP contribution in [-0.4, -0.2) is 56.8 Å². The molecule has 0 saturated carbocycles. The second kappa shape index (κ2) is 8.92. The lowest BCUT2D eigenvalue weighted by atomic mass is 10.0. The number of hydrogen-bond acceptors (Lipinski definition) is 6. The van der Waals surface area contributed by atoms with Crippen LogP contribution in [0.5, 0.6) is 0 Å². The SMILES string of the molecule is O=C(Cc1ccc([N+](=O)[O-])cc1)N(O)C(CN1CCC(O)C1)c1ccccc1. The van der Waals surface area contributed by atoms with Gasteiger partial charge in [-0.3, -0.25) is 25.0 Å². The first kappa shape index (κ1) is 19.9. The Balaban J connectivity index is 1.73. The Morgan fingerprint density at radius 2 is 1.89 bits per heavy atom. The number of aliphatic hydroxyl groups is 1. The smallest absolute Gasteiger partial charge is 0.269 e. The topological polar surface area (TPSA) is 107 Å². The lowest BCUT2D eigenvalue weighted by Crippen LogP contribution is -2.40. The summed E-state index contributed by atoms with van der Waals surface area (Å²) < 4.78 is 0. The number of carbonyl (C=O) groups excluding carboxylic acids is 1. The molecule has 2 unspecified atom stereocenters. The zero-order valence-electron chi connectivity index (χ0n) is 15.3. The molecule has 2 atom stereocenters. The number of benzene rings is 2. The highest BCUT2D eigenvalue weighted by Crippen LogP contribution is 2.24. The van der Waals surface area contributed by atoms with Crippen LogP contribution >= 0.6 is 0 Å². The molecule has 0 bridgehead atoms. The number of nitro groups is 1. The van der Waals surface area contributed by atoms with Gasteiger partial charge in [-0.2, -0.15) is 0 Å². The fourth-order valence-corrected chi connectivity index (χ4v) is 3.39. The van der Waals surface area contributed by atoms with Gasteiger partial charge in [-0.15, -0.1) is 0 Å². The van der Waals surface area contributed by atoms with Crippen molar-refractivity contribution in [1.82, 2.24) is 9.96 Å². The molecule has 148 valence electrons. The minimum absolute atomic E-state index is 0.0493. The molecule has 3 rings (SSSR count). The van der Waals surface area contributed by atoms with Crippen LogP contribution in [0.15, 0.2) is 54.6 Å². The van der Waals surface area contributed by atoms with E-state index < -0.39 is 16.9 Å². The van der Waals surface area contributed by atoms with E-state index in [9.17, 15) is 25.2 Å². The minimum atomic E-state index is -0.572. The van der Waals surface area contributed by atoms with Crippen molar-refractivity contribution in [2.45, 2.75) is 25.0 Å². The van der Waals surface area contributed by atoms with E-state index in [2.05, 4.69) is 0 Å². The van der Waals surface area contributed by atoms with Crippen LogP contribution in [0.1, 0.15) is 23.6 Å². The molecule has 28 heavy (non-hydrogen) atoms. The van der Waals surface area contributed by atoms with Crippen LogP contribution in [0.4, 0.5) is 5.69 Å². The van der Waals surface area contributed by atoms with E-state index >= 15 is 0 Å². The fourth-order valence-electron chi connectivity index (χ4n) is 3.39. The normalized spacial score (nSPS) is 18.0. The van der Waals surface area contributed by atoms with Gasteiger partial charge in [0.25, 0.3) is 11.6 Å². The first-order chi connectivity index (χ1) is 13.4. The van der Waals surface area contributed by atoms with Gasteiger partial charge in [0.2, 0.25) is 0 Å². The van der Waals surface area contributed by atoms with Crippen molar-refractivity contribution >= 4 is 11.6 Å². The monoisotopic (exact) mass is 385 g/mol. The maximum atomic E-state index is 12.7. The van der Waals surface area contributed by atoms with E-state index in [1.54, 1.807) is 0 Å². The van der Waals surface area contributed by atoms with Crippen molar-refractivity contribution in [3.63, 3.8) is 0 Å². The van der Waals surface area contributed by atoms with E-state index in [1.807, 2.05) is 35.2 Å². The number of nitro benzene ring substituents is 1. The second-order valence-electron chi connectivity index (χ2n) is 6.97. The third-order valence-electron chi connectivity index (χ3n) is 4.92. The third-order valence-corrected chi connectivity index (χ3v) is 4.92. The Morgan fingerprint density at radius 1 is 1.21 bits per heavy atom. The van der Waals surface area contributed by atoms with Crippen molar-refractivity contribution in [2.75, 3.05) is 19.6 Å². The summed E-state index contributed by atoms with van der Waals surface area (Å²) in [5.74, 6) is -0.498. The predicted molar refractivity (Wildman–Crippen MR) is 102 cm³/mol. The zero-order valence-corrected chi connectivity index (χ0v) is 15.3. The Kier molecular flexibility index (Phi) is 6.35. The van der Waals surface area contributed by atoms with Crippen molar-refractivity contribution in [3.8, 4) is 0 Å². The number of aliphatic hydroxyl groups excluding tert-OH is 1. The molecule has 8 heteroatoms. The molecular formula is C20H23N3O5. The molecule has 2 aromatic carbocycles. The number of hydroxylamine groups is 2. The van der Waals surface area contributed by atoms with Gasteiger partial charge < -0.3 is 5.11 Å². The number of rotatable bonds is 7. The van der Waals surface area contributed by atoms with Gasteiger partial charge in [-0.1, -0.05) is 42.5 Å². The van der Waals surface area contributed by atoms with Gasteiger partial charge in [0.05, 0.1) is 23.5 Å². The molecule has 8 nitrogen and oxygen atoms in total. The van der Waals surface area contributed by atoms with Crippen molar-refractivity contribution in [1.29, 1.82) is 0 Å². The number of likely N-dealkylation sites (tertiary alicyclic amines) is 1. The largest absolute Gasteiger partial charge is 0.392 e. The Labute approximate surface area is 162 Å². The Morgan fingerprint density at radius 3 is 2.46 bits per heavy atom. The van der Waals surface area contributed by atoms with Crippen LogP contribution < -0.4 is 0 Å². The van der Waals surface area contributed by atoms with E-state index in [0.29, 0.717) is 31.6 Å². The van der Waals surface area contributed by atoms with Crippen LogP contribution in [0.3, 0.4) is 0 Å². The van der Waals surface area contributed by atoms with Crippen molar-refractivity contribution in [2.24, 2.45) is 0 Å². The van der Waals surface area contributed by atoms with E-state index in [0.717, 1.165) is 10.6 Å². The van der Waals surface area contributed by atoms with Gasteiger partial charge in [0.1, 0.15) is 0 Å². The van der Waals surface area contributed by atoms with Crippen LogP contribution in [0.2, 0.25) is 0 Å². The number of hydrogen-bond donors (Lipinski definition) is 2. The molecule has 0 aliphatic carbocycles. The summed E-state index contributed by atoms with van der Waals surface area (Å²) >= 11 is 0. The summed E-state index contributed by atoms with van der Waals surface area (Å²) in [5.41, 5.74) is 1.33. The first-order valence-electron chi connectivity index (χ1n) is 9.13. The summed E-state index contributed by atoms with van der Waals surface area (Å²) in [4.78, 5) is 24.9.